The summed E-state index contributed by atoms with van der Waals surface area (Å²) in [7, 11) is -3.59. The number of nitrogens with one attached hydrogen (secondary N) is 2. The second kappa shape index (κ2) is 9.11. The highest BCUT2D eigenvalue weighted by Gasteiger charge is 2.25. The highest BCUT2D eigenvalue weighted by molar-refractivity contribution is 7.89. The topological polar surface area (TPSA) is 143 Å². The lowest BCUT2D eigenvalue weighted by molar-refractivity contribution is -0.383. The Bertz CT molecular complexity index is 1120. The van der Waals surface area contributed by atoms with E-state index in [4.69, 9.17) is 0 Å². The van der Waals surface area contributed by atoms with Crippen LogP contribution in [0.3, 0.4) is 0 Å². The fourth-order valence-corrected chi connectivity index (χ4v) is 4.67. The number of anilines is 4. The first-order valence-corrected chi connectivity index (χ1v) is 11.2. The first-order valence-electron chi connectivity index (χ1n) is 8.90. The first-order chi connectivity index (χ1) is 14.4. The van der Waals surface area contributed by atoms with Crippen molar-refractivity contribution in [2.75, 3.05) is 23.7 Å². The molecule has 3 aromatic rings. The van der Waals surface area contributed by atoms with E-state index in [-0.39, 0.29) is 22.2 Å². The molecule has 0 spiro atoms. The standard InChI is InChI=1S/C17H19N7O4S2/c1-3-23(4-2)30(27,28)13-7-5-12(6-8-13)21-15-14(24(25)26)16(20-11-19-15)22-17-18-9-10-29-17/h5-11H,3-4H2,1-2H3,(H2,18,19,20,21,22). The molecule has 0 saturated heterocycles. The highest BCUT2D eigenvalue weighted by atomic mass is 32.2. The zero-order chi connectivity index (χ0) is 21.7. The van der Waals surface area contributed by atoms with Crippen molar-refractivity contribution in [3.05, 3.63) is 52.3 Å². The van der Waals surface area contributed by atoms with Gasteiger partial charge < -0.3 is 10.6 Å². The van der Waals surface area contributed by atoms with Crippen LogP contribution < -0.4 is 10.6 Å². The second-order valence-corrected chi connectivity index (χ2v) is 8.71. The average Bonchev–Trinajstić information content (AvgIpc) is 3.22. The summed E-state index contributed by atoms with van der Waals surface area (Å²) in [4.78, 5) is 23.1. The summed E-state index contributed by atoms with van der Waals surface area (Å²) in [6.07, 6.45) is 2.75. The van der Waals surface area contributed by atoms with Crippen LogP contribution in [-0.4, -0.2) is 45.7 Å². The maximum Gasteiger partial charge on any atom is 0.353 e. The van der Waals surface area contributed by atoms with Crippen LogP contribution in [0.5, 0.6) is 0 Å². The maximum atomic E-state index is 12.6. The lowest BCUT2D eigenvalue weighted by atomic mass is 10.3. The van der Waals surface area contributed by atoms with Crippen LogP contribution in [0, 0.1) is 10.1 Å². The second-order valence-electron chi connectivity index (χ2n) is 5.88. The minimum Gasteiger partial charge on any atom is -0.334 e. The van der Waals surface area contributed by atoms with Gasteiger partial charge in [0.25, 0.3) is 0 Å². The number of benzene rings is 1. The van der Waals surface area contributed by atoms with Crippen LogP contribution in [0.2, 0.25) is 0 Å². The molecule has 0 bridgehead atoms. The van der Waals surface area contributed by atoms with Crippen molar-refractivity contribution in [2.45, 2.75) is 18.7 Å². The molecule has 0 aliphatic rings. The zero-order valence-corrected chi connectivity index (χ0v) is 17.8. The van der Waals surface area contributed by atoms with Crippen molar-refractivity contribution in [3.63, 3.8) is 0 Å². The summed E-state index contributed by atoms with van der Waals surface area (Å²) < 4.78 is 26.5. The third-order valence-corrected chi connectivity index (χ3v) is 6.88. The van der Waals surface area contributed by atoms with Crippen LogP contribution >= 0.6 is 11.3 Å². The van der Waals surface area contributed by atoms with E-state index in [1.807, 2.05) is 0 Å². The van der Waals surface area contributed by atoms with Crippen molar-refractivity contribution in [1.82, 2.24) is 19.3 Å². The van der Waals surface area contributed by atoms with Gasteiger partial charge in [-0.05, 0) is 24.3 Å². The molecule has 1 aromatic carbocycles. The molecule has 0 fully saturated rings. The van der Waals surface area contributed by atoms with Gasteiger partial charge in [-0.1, -0.05) is 13.8 Å². The number of thiazole rings is 1. The summed E-state index contributed by atoms with van der Waals surface area (Å²) >= 11 is 1.27. The zero-order valence-electron chi connectivity index (χ0n) is 16.1. The van der Waals surface area contributed by atoms with Gasteiger partial charge >= 0.3 is 5.69 Å². The van der Waals surface area contributed by atoms with Crippen molar-refractivity contribution in [1.29, 1.82) is 0 Å². The summed E-state index contributed by atoms with van der Waals surface area (Å²) in [5.74, 6) is -0.0402. The molecular formula is C17H19N7O4S2. The predicted octanol–water partition coefficient (Wildman–Crippen LogP) is 3.36. The molecule has 11 nitrogen and oxygen atoms in total. The normalized spacial score (nSPS) is 11.4. The number of hydrogen-bond acceptors (Lipinski definition) is 10. The van der Waals surface area contributed by atoms with Gasteiger partial charge in [0.1, 0.15) is 6.33 Å². The molecule has 3 rings (SSSR count). The number of nitrogens with zero attached hydrogens (tertiary/aromatic N) is 5. The van der Waals surface area contributed by atoms with Gasteiger partial charge in [0.05, 0.1) is 9.82 Å². The first kappa shape index (κ1) is 21.5. The van der Waals surface area contributed by atoms with Gasteiger partial charge in [0.2, 0.25) is 21.7 Å². The highest BCUT2D eigenvalue weighted by Crippen LogP contribution is 2.33. The maximum absolute atomic E-state index is 12.6. The summed E-state index contributed by atoms with van der Waals surface area (Å²) in [5.41, 5.74) is 0.0861. The Hall–Kier alpha value is -3.16. The molecule has 0 aliphatic heterocycles. The van der Waals surface area contributed by atoms with Crippen molar-refractivity contribution >= 4 is 49.5 Å². The van der Waals surface area contributed by atoms with Crippen LogP contribution in [-0.2, 0) is 10.0 Å². The van der Waals surface area contributed by atoms with E-state index in [0.29, 0.717) is 23.9 Å². The molecule has 30 heavy (non-hydrogen) atoms. The fraction of sp³-hybridized carbons (Fsp3) is 0.235. The van der Waals surface area contributed by atoms with E-state index >= 15 is 0 Å². The van der Waals surface area contributed by atoms with E-state index in [1.54, 1.807) is 25.4 Å². The van der Waals surface area contributed by atoms with Gasteiger partial charge in [0.15, 0.2) is 5.13 Å². The molecule has 2 N–H and O–H groups in total. The molecule has 0 radical (unpaired) electrons. The van der Waals surface area contributed by atoms with Crippen LogP contribution in [0.25, 0.3) is 0 Å². The van der Waals surface area contributed by atoms with E-state index in [1.165, 1.54) is 46.2 Å². The molecule has 2 aromatic heterocycles. The van der Waals surface area contributed by atoms with Gasteiger partial charge in [-0.15, -0.1) is 11.3 Å². The van der Waals surface area contributed by atoms with Gasteiger partial charge in [-0.2, -0.15) is 4.31 Å². The van der Waals surface area contributed by atoms with E-state index in [0.717, 1.165) is 0 Å². The summed E-state index contributed by atoms with van der Waals surface area (Å²) in [6, 6.07) is 5.93. The third-order valence-electron chi connectivity index (χ3n) is 4.12. The Kier molecular flexibility index (Phi) is 6.54. The average molecular weight is 450 g/mol. The smallest absolute Gasteiger partial charge is 0.334 e. The minimum absolute atomic E-state index is 0.00631. The van der Waals surface area contributed by atoms with Crippen molar-refractivity contribution < 1.29 is 13.3 Å². The molecule has 158 valence electrons. The molecule has 0 saturated carbocycles. The Morgan fingerprint density at radius 3 is 2.23 bits per heavy atom. The van der Waals surface area contributed by atoms with E-state index in [2.05, 4.69) is 25.6 Å². The van der Waals surface area contributed by atoms with Crippen molar-refractivity contribution in [3.8, 4) is 0 Å². The predicted molar refractivity (Wildman–Crippen MR) is 114 cm³/mol. The molecule has 13 heteroatoms. The van der Waals surface area contributed by atoms with Gasteiger partial charge in [-0.3, -0.25) is 10.1 Å². The van der Waals surface area contributed by atoms with E-state index < -0.39 is 14.9 Å². The van der Waals surface area contributed by atoms with Crippen LogP contribution in [0.15, 0.2) is 47.1 Å². The Morgan fingerprint density at radius 2 is 1.70 bits per heavy atom. The molecule has 0 unspecified atom stereocenters. The lowest BCUT2D eigenvalue weighted by Crippen LogP contribution is -2.30. The third kappa shape index (κ3) is 4.53. The Labute approximate surface area is 177 Å². The van der Waals surface area contributed by atoms with E-state index in [9.17, 15) is 18.5 Å². The van der Waals surface area contributed by atoms with Crippen molar-refractivity contribution in [2.24, 2.45) is 0 Å². The lowest BCUT2D eigenvalue weighted by Gasteiger charge is -2.18. The number of rotatable bonds is 9. The quantitative estimate of drug-likeness (QED) is 0.371. The Balaban J connectivity index is 1.88. The molecule has 0 atom stereocenters. The molecule has 2 heterocycles. The summed E-state index contributed by atoms with van der Waals surface area (Å²) in [5, 5.41) is 19.5. The molecular weight excluding hydrogens is 430 g/mol. The monoisotopic (exact) mass is 449 g/mol. The minimum atomic E-state index is -3.59. The number of nitro groups is 1. The largest absolute Gasteiger partial charge is 0.353 e. The molecule has 0 amide bonds. The Morgan fingerprint density at radius 1 is 1.07 bits per heavy atom. The van der Waals surface area contributed by atoms with Crippen LogP contribution in [0.1, 0.15) is 13.8 Å². The number of aromatic nitrogens is 3. The fourth-order valence-electron chi connectivity index (χ4n) is 2.68. The SMILES string of the molecule is CCN(CC)S(=O)(=O)c1ccc(Nc2ncnc(Nc3nccs3)c2[N+](=O)[O-])cc1. The number of hydrogen-bond donors (Lipinski definition) is 2. The number of sulfonamides is 1. The van der Waals surface area contributed by atoms with Crippen LogP contribution in [0.4, 0.5) is 28.1 Å². The van der Waals surface area contributed by atoms with Gasteiger partial charge in [-0.25, -0.2) is 23.4 Å². The van der Waals surface area contributed by atoms with Gasteiger partial charge in [0, 0.05) is 30.4 Å². The molecule has 0 aliphatic carbocycles. The summed E-state index contributed by atoms with van der Waals surface area (Å²) in [6.45, 7) is 4.26.